The van der Waals surface area contributed by atoms with E-state index in [2.05, 4.69) is 15.2 Å². The van der Waals surface area contributed by atoms with Crippen molar-refractivity contribution in [2.24, 2.45) is 0 Å². The van der Waals surface area contributed by atoms with Gasteiger partial charge in [-0.2, -0.15) is 9.40 Å². The molecule has 0 atom stereocenters. The van der Waals surface area contributed by atoms with E-state index in [4.69, 9.17) is 28.9 Å². The highest BCUT2D eigenvalue weighted by Gasteiger charge is 2.26. The summed E-state index contributed by atoms with van der Waals surface area (Å²) in [5, 5.41) is 6.34. The standard InChI is InChI=1S/C10H11Cl2N5O2S/c1-17(4-8-14-5-15-16-8)20(18,19)7-3-2-6(11)10(13)9(7)12/h2-3,5H,4,13H2,1H3,(H,14,15,16). The van der Waals surface area contributed by atoms with Crippen LogP contribution in [0.5, 0.6) is 0 Å². The smallest absolute Gasteiger partial charge is 0.244 e. The largest absolute Gasteiger partial charge is 0.396 e. The fraction of sp³-hybridized carbons (Fsp3) is 0.200. The molecule has 0 aliphatic carbocycles. The number of hydrogen-bond donors (Lipinski definition) is 2. The summed E-state index contributed by atoms with van der Waals surface area (Å²) in [4.78, 5) is 3.76. The van der Waals surface area contributed by atoms with Crippen molar-refractivity contribution in [2.45, 2.75) is 11.4 Å². The summed E-state index contributed by atoms with van der Waals surface area (Å²) >= 11 is 11.7. The summed E-state index contributed by atoms with van der Waals surface area (Å²) in [5.74, 6) is 0.411. The molecule has 0 radical (unpaired) electrons. The molecular formula is C10H11Cl2N5O2S. The van der Waals surface area contributed by atoms with Crippen LogP contribution in [-0.2, 0) is 16.6 Å². The van der Waals surface area contributed by atoms with Crippen molar-refractivity contribution < 1.29 is 8.42 Å². The maximum atomic E-state index is 12.4. The number of sulfonamides is 1. The van der Waals surface area contributed by atoms with Crippen LogP contribution in [0.3, 0.4) is 0 Å². The van der Waals surface area contributed by atoms with Gasteiger partial charge >= 0.3 is 0 Å². The van der Waals surface area contributed by atoms with Crippen LogP contribution >= 0.6 is 23.2 Å². The summed E-state index contributed by atoms with van der Waals surface area (Å²) in [6, 6.07) is 2.70. The number of halogens is 2. The third-order valence-corrected chi connectivity index (χ3v) is 5.31. The molecule has 108 valence electrons. The molecule has 0 aliphatic rings. The quantitative estimate of drug-likeness (QED) is 0.824. The lowest BCUT2D eigenvalue weighted by molar-refractivity contribution is 0.457. The molecule has 0 bridgehead atoms. The topological polar surface area (TPSA) is 105 Å². The Hall–Kier alpha value is -1.35. The predicted molar refractivity (Wildman–Crippen MR) is 75.9 cm³/mol. The molecule has 0 saturated carbocycles. The second kappa shape index (κ2) is 5.57. The Morgan fingerprint density at radius 1 is 1.40 bits per heavy atom. The molecule has 0 saturated heterocycles. The van der Waals surface area contributed by atoms with Crippen LogP contribution in [-0.4, -0.2) is 35.0 Å². The molecule has 0 aliphatic heterocycles. The first kappa shape index (κ1) is 15.0. The number of nitrogens with one attached hydrogen (secondary N) is 1. The SMILES string of the molecule is CN(Cc1ncn[nH]1)S(=O)(=O)c1ccc(Cl)c(N)c1Cl. The van der Waals surface area contributed by atoms with E-state index < -0.39 is 10.0 Å². The lowest BCUT2D eigenvalue weighted by atomic mass is 10.3. The number of benzene rings is 1. The van der Waals surface area contributed by atoms with Crippen molar-refractivity contribution in [3.63, 3.8) is 0 Å². The number of aromatic amines is 1. The minimum absolute atomic E-state index is 0.0290. The molecular weight excluding hydrogens is 325 g/mol. The first-order chi connectivity index (χ1) is 9.34. The van der Waals surface area contributed by atoms with Crippen LogP contribution in [0.4, 0.5) is 5.69 Å². The monoisotopic (exact) mass is 335 g/mol. The Kier molecular flexibility index (Phi) is 4.19. The van der Waals surface area contributed by atoms with Crippen LogP contribution in [0.15, 0.2) is 23.4 Å². The number of nitrogens with two attached hydrogens (primary N) is 1. The normalized spacial score (nSPS) is 12.0. The maximum Gasteiger partial charge on any atom is 0.244 e. The van der Waals surface area contributed by atoms with Gasteiger partial charge < -0.3 is 5.73 Å². The van der Waals surface area contributed by atoms with Crippen LogP contribution in [0.1, 0.15) is 5.82 Å². The van der Waals surface area contributed by atoms with Gasteiger partial charge in [-0.25, -0.2) is 13.4 Å². The third kappa shape index (κ3) is 2.73. The molecule has 1 aromatic heterocycles. The molecule has 2 rings (SSSR count). The molecule has 7 nitrogen and oxygen atoms in total. The lowest BCUT2D eigenvalue weighted by Crippen LogP contribution is -2.27. The molecule has 1 heterocycles. The summed E-state index contributed by atoms with van der Waals surface area (Å²) in [7, 11) is -2.41. The Bertz CT molecular complexity index is 717. The van der Waals surface area contributed by atoms with E-state index in [1.807, 2.05) is 0 Å². The van der Waals surface area contributed by atoms with Crippen LogP contribution in [0.2, 0.25) is 10.0 Å². The van der Waals surface area contributed by atoms with Gasteiger partial charge in [0.1, 0.15) is 17.0 Å². The highest BCUT2D eigenvalue weighted by atomic mass is 35.5. The van der Waals surface area contributed by atoms with Gasteiger partial charge in [0, 0.05) is 7.05 Å². The van der Waals surface area contributed by atoms with Crippen molar-refractivity contribution in [3.05, 3.63) is 34.3 Å². The Morgan fingerprint density at radius 2 is 2.10 bits per heavy atom. The van der Waals surface area contributed by atoms with Crippen molar-refractivity contribution in [3.8, 4) is 0 Å². The number of hydrogen-bond acceptors (Lipinski definition) is 5. The highest BCUT2D eigenvalue weighted by Crippen LogP contribution is 2.34. The third-order valence-electron chi connectivity index (χ3n) is 2.62. The van der Waals surface area contributed by atoms with Crippen molar-refractivity contribution in [2.75, 3.05) is 12.8 Å². The van der Waals surface area contributed by atoms with E-state index in [9.17, 15) is 8.42 Å². The number of rotatable bonds is 4. The van der Waals surface area contributed by atoms with E-state index >= 15 is 0 Å². The first-order valence-electron chi connectivity index (χ1n) is 5.38. The first-order valence-corrected chi connectivity index (χ1v) is 7.57. The second-order valence-electron chi connectivity index (χ2n) is 3.97. The zero-order valence-corrected chi connectivity index (χ0v) is 12.7. The predicted octanol–water partition coefficient (Wildman–Crippen LogP) is 1.51. The van der Waals surface area contributed by atoms with Crippen molar-refractivity contribution >= 4 is 38.9 Å². The number of aromatic nitrogens is 3. The molecule has 0 amide bonds. The summed E-state index contributed by atoms with van der Waals surface area (Å²) in [6.07, 6.45) is 1.29. The van der Waals surface area contributed by atoms with Gasteiger partial charge in [0.15, 0.2) is 0 Å². The van der Waals surface area contributed by atoms with Gasteiger partial charge in [-0.05, 0) is 12.1 Å². The molecule has 10 heteroatoms. The zero-order valence-electron chi connectivity index (χ0n) is 10.3. The van der Waals surface area contributed by atoms with Crippen LogP contribution in [0.25, 0.3) is 0 Å². The van der Waals surface area contributed by atoms with Gasteiger partial charge in [0.25, 0.3) is 0 Å². The average molecular weight is 336 g/mol. The van der Waals surface area contributed by atoms with Crippen molar-refractivity contribution in [1.29, 1.82) is 0 Å². The Morgan fingerprint density at radius 3 is 2.70 bits per heavy atom. The Labute approximate surface area is 125 Å². The van der Waals surface area contributed by atoms with Crippen molar-refractivity contribution in [1.82, 2.24) is 19.5 Å². The molecule has 0 fully saturated rings. The zero-order chi connectivity index (χ0) is 14.9. The van der Waals surface area contributed by atoms with Gasteiger partial charge in [-0.3, -0.25) is 5.10 Å². The number of nitrogen functional groups attached to an aromatic ring is 1. The number of anilines is 1. The van der Waals surface area contributed by atoms with E-state index in [0.717, 1.165) is 4.31 Å². The molecule has 20 heavy (non-hydrogen) atoms. The van der Waals surface area contributed by atoms with E-state index in [1.165, 1.54) is 25.5 Å². The maximum absolute atomic E-state index is 12.4. The van der Waals surface area contributed by atoms with Gasteiger partial charge in [-0.15, -0.1) is 0 Å². The minimum Gasteiger partial charge on any atom is -0.396 e. The van der Waals surface area contributed by atoms with Gasteiger partial charge in [0.05, 0.1) is 22.3 Å². The lowest BCUT2D eigenvalue weighted by Gasteiger charge is -2.17. The van der Waals surface area contributed by atoms with Crippen LogP contribution in [0, 0.1) is 0 Å². The van der Waals surface area contributed by atoms with E-state index in [-0.39, 0.29) is 27.2 Å². The number of nitrogens with zero attached hydrogens (tertiary/aromatic N) is 3. The van der Waals surface area contributed by atoms with Gasteiger partial charge in [0.2, 0.25) is 10.0 Å². The second-order valence-corrected chi connectivity index (χ2v) is 6.76. The van der Waals surface area contributed by atoms with E-state index in [1.54, 1.807) is 0 Å². The summed E-state index contributed by atoms with van der Waals surface area (Å²) < 4.78 is 25.9. The summed E-state index contributed by atoms with van der Waals surface area (Å²) in [6.45, 7) is 0.0290. The summed E-state index contributed by atoms with van der Waals surface area (Å²) in [5.41, 5.74) is 5.67. The van der Waals surface area contributed by atoms with E-state index in [0.29, 0.717) is 5.82 Å². The minimum atomic E-state index is -3.81. The molecule has 1 aromatic carbocycles. The molecule has 0 unspecified atom stereocenters. The molecule has 3 N–H and O–H groups in total. The fourth-order valence-electron chi connectivity index (χ4n) is 1.52. The van der Waals surface area contributed by atoms with Gasteiger partial charge in [-0.1, -0.05) is 23.2 Å². The fourth-order valence-corrected chi connectivity index (χ4v) is 3.39. The molecule has 2 aromatic rings. The Balaban J connectivity index is 2.37. The highest BCUT2D eigenvalue weighted by molar-refractivity contribution is 7.89. The number of H-pyrrole nitrogens is 1. The average Bonchev–Trinajstić information content (AvgIpc) is 2.88. The van der Waals surface area contributed by atoms with Crippen LogP contribution < -0.4 is 5.73 Å². The molecule has 0 spiro atoms.